The second-order valence-electron chi connectivity index (χ2n) is 6.58. The Morgan fingerprint density at radius 2 is 2.00 bits per heavy atom. The van der Waals surface area contributed by atoms with E-state index < -0.39 is 23.4 Å². The molecule has 7 nitrogen and oxygen atoms in total. The molecule has 1 N–H and O–H groups in total. The molecule has 2 aromatic rings. The maximum atomic E-state index is 13.3. The lowest BCUT2D eigenvalue weighted by Gasteiger charge is -2.20. The lowest BCUT2D eigenvalue weighted by Crippen LogP contribution is -2.32. The summed E-state index contributed by atoms with van der Waals surface area (Å²) in [6, 6.07) is 5.38. The molecule has 0 unspecified atom stereocenters. The minimum atomic E-state index is -4.90. The summed E-state index contributed by atoms with van der Waals surface area (Å²) in [5.74, 6) is -1.72. The molecule has 150 valence electrons. The van der Waals surface area contributed by atoms with Gasteiger partial charge in [0.2, 0.25) is 0 Å². The van der Waals surface area contributed by atoms with Gasteiger partial charge in [-0.2, -0.15) is 18.3 Å². The Labute approximate surface area is 158 Å². The third-order valence-corrected chi connectivity index (χ3v) is 4.53. The largest absolute Gasteiger partial charge is 0.478 e. The quantitative estimate of drug-likeness (QED) is 0.839. The first-order valence-corrected chi connectivity index (χ1v) is 8.50. The average Bonchev–Trinajstić information content (AvgIpc) is 3.30. The van der Waals surface area contributed by atoms with Crippen molar-refractivity contribution in [2.24, 2.45) is 5.92 Å². The Morgan fingerprint density at radius 1 is 1.32 bits per heavy atom. The van der Waals surface area contributed by atoms with Crippen molar-refractivity contribution < 1.29 is 32.6 Å². The predicted octanol–water partition coefficient (Wildman–Crippen LogP) is 2.70. The maximum Gasteiger partial charge on any atom is 0.434 e. The molecule has 1 atom stereocenters. The van der Waals surface area contributed by atoms with Gasteiger partial charge in [0.05, 0.1) is 18.5 Å². The molecule has 1 saturated heterocycles. The van der Waals surface area contributed by atoms with Gasteiger partial charge in [0, 0.05) is 31.7 Å². The van der Waals surface area contributed by atoms with E-state index >= 15 is 0 Å². The molecule has 0 aliphatic carbocycles. The molecule has 3 rings (SSSR count). The van der Waals surface area contributed by atoms with Crippen molar-refractivity contribution in [3.05, 3.63) is 47.3 Å². The molecule has 10 heteroatoms. The number of alkyl halides is 3. The number of benzene rings is 1. The molecular formula is C18H18F3N3O4. The monoisotopic (exact) mass is 397 g/mol. The molecule has 0 bridgehead atoms. The number of carbonyl (C=O) groups is 2. The van der Waals surface area contributed by atoms with Crippen LogP contribution in [0.1, 0.15) is 32.8 Å². The van der Waals surface area contributed by atoms with Gasteiger partial charge in [-0.25, -0.2) is 9.48 Å². The van der Waals surface area contributed by atoms with Crippen LogP contribution in [0.5, 0.6) is 0 Å². The van der Waals surface area contributed by atoms with E-state index in [1.807, 2.05) is 0 Å². The zero-order chi connectivity index (χ0) is 20.5. The molecule has 0 spiro atoms. The van der Waals surface area contributed by atoms with Crippen molar-refractivity contribution in [1.29, 1.82) is 0 Å². The van der Waals surface area contributed by atoms with Gasteiger partial charge in [-0.3, -0.25) is 4.79 Å². The lowest BCUT2D eigenvalue weighted by atomic mass is 10.1. The van der Waals surface area contributed by atoms with Crippen LogP contribution in [-0.2, 0) is 10.9 Å². The summed E-state index contributed by atoms with van der Waals surface area (Å²) in [7, 11) is 1.66. The lowest BCUT2D eigenvalue weighted by molar-refractivity contribution is -0.143. The second-order valence-corrected chi connectivity index (χ2v) is 6.58. The number of hydrogen-bond acceptors (Lipinski definition) is 4. The first kappa shape index (κ1) is 19.9. The number of halogens is 3. The number of ether oxygens (including phenoxy) is 1. The predicted molar refractivity (Wildman–Crippen MR) is 91.4 cm³/mol. The number of carboxylic acid groups (broad SMARTS) is 1. The van der Waals surface area contributed by atoms with Crippen molar-refractivity contribution in [1.82, 2.24) is 14.7 Å². The Bertz CT molecular complexity index is 871. The summed E-state index contributed by atoms with van der Waals surface area (Å²) in [6.45, 7) is 1.80. The van der Waals surface area contributed by atoms with Crippen LogP contribution in [0.3, 0.4) is 0 Å². The van der Waals surface area contributed by atoms with Crippen LogP contribution in [-0.4, -0.2) is 58.5 Å². The van der Waals surface area contributed by atoms with Crippen LogP contribution in [0.15, 0.2) is 30.5 Å². The van der Waals surface area contributed by atoms with Gasteiger partial charge in [0.1, 0.15) is 5.56 Å². The molecular weight excluding hydrogens is 379 g/mol. The van der Waals surface area contributed by atoms with E-state index in [2.05, 4.69) is 5.10 Å². The van der Waals surface area contributed by atoms with Crippen molar-refractivity contribution in [2.75, 3.05) is 26.8 Å². The van der Waals surface area contributed by atoms with Crippen LogP contribution in [0.4, 0.5) is 13.2 Å². The van der Waals surface area contributed by atoms with Gasteiger partial charge < -0.3 is 14.7 Å². The van der Waals surface area contributed by atoms with E-state index in [1.165, 1.54) is 24.3 Å². The molecule has 1 amide bonds. The van der Waals surface area contributed by atoms with E-state index in [4.69, 9.17) is 9.84 Å². The van der Waals surface area contributed by atoms with Crippen molar-refractivity contribution in [2.45, 2.75) is 12.6 Å². The summed E-state index contributed by atoms with van der Waals surface area (Å²) in [5.41, 5.74) is -2.00. The second kappa shape index (κ2) is 7.63. The maximum absolute atomic E-state index is 13.3. The fourth-order valence-corrected chi connectivity index (χ4v) is 3.14. The molecule has 0 saturated carbocycles. The Balaban J connectivity index is 1.83. The molecule has 2 heterocycles. The van der Waals surface area contributed by atoms with Crippen LogP contribution >= 0.6 is 0 Å². The van der Waals surface area contributed by atoms with E-state index in [-0.39, 0.29) is 17.5 Å². The van der Waals surface area contributed by atoms with Gasteiger partial charge in [-0.1, -0.05) is 0 Å². The number of rotatable bonds is 5. The van der Waals surface area contributed by atoms with Crippen LogP contribution in [0.2, 0.25) is 0 Å². The number of nitrogens with zero attached hydrogens (tertiary/aromatic N) is 3. The third-order valence-electron chi connectivity index (χ3n) is 4.53. The van der Waals surface area contributed by atoms with Gasteiger partial charge in [-0.15, -0.1) is 0 Å². The van der Waals surface area contributed by atoms with Crippen LogP contribution < -0.4 is 0 Å². The summed E-state index contributed by atoms with van der Waals surface area (Å²) < 4.78 is 45.7. The molecule has 1 aliphatic rings. The van der Waals surface area contributed by atoms with Gasteiger partial charge in [0.25, 0.3) is 5.91 Å². The van der Waals surface area contributed by atoms with Crippen LogP contribution in [0, 0.1) is 5.92 Å². The molecule has 1 fully saturated rings. The SMILES string of the molecule is CN(C[C@H]1CCOC1)C(=O)c1ccc(-n2ncc(C(=O)O)c2C(F)(F)F)cc1. The highest BCUT2D eigenvalue weighted by Gasteiger charge is 2.40. The van der Waals surface area contributed by atoms with Crippen molar-refractivity contribution in [3.8, 4) is 5.69 Å². The summed E-state index contributed by atoms with van der Waals surface area (Å²) >= 11 is 0. The van der Waals surface area contributed by atoms with Gasteiger partial charge in [-0.05, 0) is 30.7 Å². The molecule has 28 heavy (non-hydrogen) atoms. The normalized spacial score (nSPS) is 16.9. The molecule has 1 aliphatic heterocycles. The fourth-order valence-electron chi connectivity index (χ4n) is 3.14. The van der Waals surface area contributed by atoms with Crippen molar-refractivity contribution in [3.63, 3.8) is 0 Å². The minimum Gasteiger partial charge on any atom is -0.478 e. The zero-order valence-corrected chi connectivity index (χ0v) is 14.9. The number of aromatic nitrogens is 2. The molecule has 1 aromatic carbocycles. The van der Waals surface area contributed by atoms with E-state index in [0.717, 1.165) is 6.42 Å². The zero-order valence-electron chi connectivity index (χ0n) is 14.9. The van der Waals surface area contributed by atoms with Gasteiger partial charge in [0.15, 0.2) is 5.69 Å². The molecule has 1 aromatic heterocycles. The standard InChI is InChI=1S/C18H18F3N3O4/c1-23(9-11-6-7-28-10-11)16(25)12-2-4-13(5-3-12)24-15(18(19,20)21)14(8-22-24)17(26)27/h2-5,8,11H,6-7,9-10H2,1H3,(H,26,27)/t11-/m1/s1. The van der Waals surface area contributed by atoms with Crippen LogP contribution in [0.25, 0.3) is 5.69 Å². The topological polar surface area (TPSA) is 84.7 Å². The summed E-state index contributed by atoms with van der Waals surface area (Å²) in [5, 5.41) is 12.5. The van der Waals surface area contributed by atoms with Crippen molar-refractivity contribution >= 4 is 11.9 Å². The number of amides is 1. The number of carboxylic acids is 1. The Hall–Kier alpha value is -2.88. The van der Waals surface area contributed by atoms with E-state index in [0.29, 0.717) is 36.2 Å². The minimum absolute atomic E-state index is 0.00298. The Kier molecular flexibility index (Phi) is 5.41. The smallest absolute Gasteiger partial charge is 0.434 e. The number of aromatic carboxylic acids is 1. The average molecular weight is 397 g/mol. The van der Waals surface area contributed by atoms with E-state index in [9.17, 15) is 22.8 Å². The first-order chi connectivity index (χ1) is 13.2. The fraction of sp³-hybridized carbons (Fsp3) is 0.389. The molecule has 0 radical (unpaired) electrons. The summed E-state index contributed by atoms with van der Waals surface area (Å²) in [6.07, 6.45) is -3.37. The third kappa shape index (κ3) is 4.01. The number of carbonyl (C=O) groups excluding carboxylic acids is 1. The highest BCUT2D eigenvalue weighted by Crippen LogP contribution is 2.33. The first-order valence-electron chi connectivity index (χ1n) is 8.50. The van der Waals surface area contributed by atoms with Gasteiger partial charge >= 0.3 is 12.1 Å². The highest BCUT2D eigenvalue weighted by molar-refractivity contribution is 5.94. The highest BCUT2D eigenvalue weighted by atomic mass is 19.4. The van der Waals surface area contributed by atoms with E-state index in [1.54, 1.807) is 11.9 Å². The summed E-state index contributed by atoms with van der Waals surface area (Å²) in [4.78, 5) is 25.1. The Morgan fingerprint density at radius 3 is 2.54 bits per heavy atom. The number of hydrogen-bond donors (Lipinski definition) is 1.